The van der Waals surface area contributed by atoms with E-state index in [1.54, 1.807) is 54.6 Å². The Hall–Kier alpha value is -3.01. The highest BCUT2D eigenvalue weighted by Crippen LogP contribution is 2.20. The van der Waals surface area contributed by atoms with Crippen LogP contribution in [0.15, 0.2) is 73.1 Å². The Morgan fingerprint density at radius 1 is 0.727 bits per heavy atom. The second kappa shape index (κ2) is 14.2. The quantitative estimate of drug-likeness (QED) is 0.257. The lowest BCUT2D eigenvalue weighted by atomic mass is 10.2. The highest BCUT2D eigenvalue weighted by Gasteiger charge is 2.01. The molecule has 172 valence electrons. The molecule has 2 aromatic carbocycles. The molecule has 4 rings (SSSR count). The first-order chi connectivity index (χ1) is 15.9. The number of aliphatic hydroxyl groups is 2. The van der Waals surface area contributed by atoms with E-state index in [1.807, 2.05) is 0 Å². The van der Waals surface area contributed by atoms with Crippen molar-refractivity contribution in [2.75, 3.05) is 0 Å². The van der Waals surface area contributed by atoms with Crippen LogP contribution in [0.25, 0.3) is 0 Å². The lowest BCUT2D eigenvalue weighted by Crippen LogP contribution is -1.90. The Bertz CT molecular complexity index is 1130. The molecule has 0 amide bonds. The molecule has 0 atom stereocenters. The van der Waals surface area contributed by atoms with Gasteiger partial charge in [0, 0.05) is 18.5 Å². The van der Waals surface area contributed by atoms with Gasteiger partial charge in [-0.3, -0.25) is 0 Å². The van der Waals surface area contributed by atoms with Crippen molar-refractivity contribution in [3.05, 3.63) is 99.9 Å². The molecule has 0 bridgehead atoms. The van der Waals surface area contributed by atoms with E-state index in [-0.39, 0.29) is 29.5 Å². The zero-order chi connectivity index (χ0) is 24.1. The van der Waals surface area contributed by atoms with Crippen LogP contribution in [0.1, 0.15) is 11.1 Å². The Morgan fingerprint density at radius 2 is 1.33 bits per heavy atom. The highest BCUT2D eigenvalue weighted by atomic mass is 35.5. The SMILES string of the molecule is Clc1ccnc(Cl)n1.OCc1cccc(O)c1.OCc1cccc(Oc2ccnc(Cl)n2)c1. The molecule has 0 saturated heterocycles. The van der Waals surface area contributed by atoms with Gasteiger partial charge < -0.3 is 20.1 Å². The molecule has 0 saturated carbocycles. The molecule has 8 nitrogen and oxygen atoms in total. The summed E-state index contributed by atoms with van der Waals surface area (Å²) in [6.45, 7) is -0.0455. The lowest BCUT2D eigenvalue weighted by molar-refractivity contribution is 0.281. The predicted molar refractivity (Wildman–Crippen MR) is 126 cm³/mol. The van der Waals surface area contributed by atoms with Crippen LogP contribution in [-0.4, -0.2) is 35.3 Å². The smallest absolute Gasteiger partial charge is 0.225 e. The van der Waals surface area contributed by atoms with Gasteiger partial charge in [0.25, 0.3) is 0 Å². The van der Waals surface area contributed by atoms with Crippen molar-refractivity contribution in [1.82, 2.24) is 19.9 Å². The van der Waals surface area contributed by atoms with Crippen LogP contribution >= 0.6 is 34.8 Å². The molecule has 0 radical (unpaired) electrons. The standard InChI is InChI=1S/C11H9ClN2O2.C7H8O2.C4H2Cl2N2/c12-11-13-5-4-10(14-11)16-9-3-1-2-8(6-9)7-15;8-5-6-2-1-3-7(9)4-6;5-3-1-2-7-4(6)8-3/h1-6,15H,7H2;1-4,8-9H,5H2;1-2H. The number of nitrogens with zero attached hydrogens (tertiary/aromatic N) is 4. The molecule has 3 N–H and O–H groups in total. The Morgan fingerprint density at radius 3 is 1.85 bits per heavy atom. The summed E-state index contributed by atoms with van der Waals surface area (Å²) in [5.41, 5.74) is 1.51. The molecule has 2 heterocycles. The summed E-state index contributed by atoms with van der Waals surface area (Å²) in [6, 6.07) is 16.8. The Kier molecular flexibility index (Phi) is 11.3. The van der Waals surface area contributed by atoms with Gasteiger partial charge in [-0.25, -0.2) is 15.0 Å². The van der Waals surface area contributed by atoms with E-state index in [9.17, 15) is 0 Å². The molecule has 4 aromatic rings. The predicted octanol–water partition coefficient (Wildman–Crippen LogP) is 5.08. The van der Waals surface area contributed by atoms with Gasteiger partial charge in [-0.05, 0) is 64.7 Å². The van der Waals surface area contributed by atoms with Crippen molar-refractivity contribution in [3.8, 4) is 17.4 Å². The molecule has 2 aromatic heterocycles. The first kappa shape index (κ1) is 26.2. The number of phenols is 1. The van der Waals surface area contributed by atoms with Crippen LogP contribution in [0.5, 0.6) is 17.4 Å². The van der Waals surface area contributed by atoms with Crippen LogP contribution in [0.4, 0.5) is 0 Å². The number of aromatic hydroxyl groups is 1. The van der Waals surface area contributed by atoms with Crippen molar-refractivity contribution < 1.29 is 20.1 Å². The van der Waals surface area contributed by atoms with Crippen molar-refractivity contribution in [3.63, 3.8) is 0 Å². The fourth-order valence-corrected chi connectivity index (χ4v) is 2.64. The molecule has 0 fully saturated rings. The molecule has 0 aliphatic carbocycles. The number of ether oxygens (including phenoxy) is 1. The van der Waals surface area contributed by atoms with Crippen LogP contribution in [0.3, 0.4) is 0 Å². The summed E-state index contributed by atoms with van der Waals surface area (Å²) in [6.07, 6.45) is 3.01. The van der Waals surface area contributed by atoms with Gasteiger partial charge in [0.2, 0.25) is 16.4 Å². The maximum absolute atomic E-state index is 8.97. The first-order valence-electron chi connectivity index (χ1n) is 9.28. The molecule has 33 heavy (non-hydrogen) atoms. The largest absolute Gasteiger partial charge is 0.508 e. The van der Waals surface area contributed by atoms with Crippen molar-refractivity contribution in [2.24, 2.45) is 0 Å². The summed E-state index contributed by atoms with van der Waals surface area (Å²) in [7, 11) is 0. The van der Waals surface area contributed by atoms with Crippen LogP contribution in [0.2, 0.25) is 15.7 Å². The minimum absolute atomic E-state index is 0.0194. The van der Waals surface area contributed by atoms with E-state index in [0.717, 1.165) is 11.1 Å². The maximum atomic E-state index is 8.97. The minimum Gasteiger partial charge on any atom is -0.508 e. The van der Waals surface area contributed by atoms with E-state index < -0.39 is 0 Å². The summed E-state index contributed by atoms with van der Waals surface area (Å²) in [4.78, 5) is 14.8. The van der Waals surface area contributed by atoms with Gasteiger partial charge >= 0.3 is 0 Å². The third-order valence-corrected chi connectivity index (χ3v) is 4.16. The van der Waals surface area contributed by atoms with Crippen LogP contribution in [0, 0.1) is 0 Å². The molecule has 0 aliphatic heterocycles. The molecular weight excluding hydrogens is 491 g/mol. The topological polar surface area (TPSA) is 121 Å². The van der Waals surface area contributed by atoms with Gasteiger partial charge in [-0.15, -0.1) is 0 Å². The third kappa shape index (κ3) is 10.4. The molecule has 11 heteroatoms. The zero-order valence-corrected chi connectivity index (χ0v) is 19.3. The number of aliphatic hydroxyl groups excluding tert-OH is 2. The van der Waals surface area contributed by atoms with E-state index in [1.165, 1.54) is 18.5 Å². The molecule has 0 spiro atoms. The number of hydrogen-bond acceptors (Lipinski definition) is 8. The summed E-state index contributed by atoms with van der Waals surface area (Å²) < 4.78 is 5.46. The highest BCUT2D eigenvalue weighted by molar-refractivity contribution is 6.31. The minimum atomic E-state index is -0.0261. The Labute approximate surface area is 205 Å². The van der Waals surface area contributed by atoms with E-state index >= 15 is 0 Å². The fourth-order valence-electron chi connectivity index (χ4n) is 2.17. The summed E-state index contributed by atoms with van der Waals surface area (Å²) >= 11 is 16.4. The lowest BCUT2D eigenvalue weighted by Gasteiger charge is -2.05. The molecule has 0 aliphatic rings. The van der Waals surface area contributed by atoms with E-state index in [0.29, 0.717) is 16.8 Å². The Balaban J connectivity index is 0.000000192. The van der Waals surface area contributed by atoms with Gasteiger partial charge in [0.1, 0.15) is 16.7 Å². The number of halogens is 3. The van der Waals surface area contributed by atoms with Crippen molar-refractivity contribution in [1.29, 1.82) is 0 Å². The van der Waals surface area contributed by atoms with Crippen molar-refractivity contribution >= 4 is 34.8 Å². The molecular formula is C22H19Cl3N4O4. The van der Waals surface area contributed by atoms with E-state index in [2.05, 4.69) is 19.9 Å². The summed E-state index contributed by atoms with van der Waals surface area (Å²) in [5.74, 6) is 1.16. The number of hydrogen-bond donors (Lipinski definition) is 3. The van der Waals surface area contributed by atoms with E-state index in [4.69, 9.17) is 54.9 Å². The number of rotatable bonds is 4. The van der Waals surface area contributed by atoms with Gasteiger partial charge in [-0.2, -0.15) is 4.98 Å². The first-order valence-corrected chi connectivity index (χ1v) is 10.4. The van der Waals surface area contributed by atoms with Gasteiger partial charge in [0.05, 0.1) is 13.2 Å². The fraction of sp³-hybridized carbons (Fsp3) is 0.0909. The van der Waals surface area contributed by atoms with Gasteiger partial charge in [0.15, 0.2) is 0 Å². The monoisotopic (exact) mass is 508 g/mol. The summed E-state index contributed by atoms with van der Waals surface area (Å²) in [5, 5.41) is 27.0. The zero-order valence-electron chi connectivity index (χ0n) is 17.0. The van der Waals surface area contributed by atoms with Crippen molar-refractivity contribution in [2.45, 2.75) is 13.2 Å². The normalized spacial score (nSPS) is 9.73. The maximum Gasteiger partial charge on any atom is 0.225 e. The van der Waals surface area contributed by atoms with Crippen LogP contribution in [-0.2, 0) is 13.2 Å². The van der Waals surface area contributed by atoms with Gasteiger partial charge in [-0.1, -0.05) is 35.9 Å². The van der Waals surface area contributed by atoms with Crippen LogP contribution < -0.4 is 4.74 Å². The second-order valence-electron chi connectivity index (χ2n) is 6.05. The second-order valence-corrected chi connectivity index (χ2v) is 7.11. The average Bonchev–Trinajstić information content (AvgIpc) is 2.80. The third-order valence-electron chi connectivity index (χ3n) is 3.59. The number of benzene rings is 2. The average molecular weight is 510 g/mol. The molecule has 0 unspecified atom stereocenters. The number of phenolic OH excluding ortho intramolecular Hbond substituents is 1. The number of aromatic nitrogens is 4.